The molecule has 1 aliphatic heterocycles. The summed E-state index contributed by atoms with van der Waals surface area (Å²) in [6, 6.07) is 2.00. The summed E-state index contributed by atoms with van der Waals surface area (Å²) in [6.07, 6.45) is 4.88. The normalized spacial score (nSPS) is 15.3. The molecule has 0 amide bonds. The molecule has 0 spiro atoms. The molecule has 0 saturated heterocycles. The summed E-state index contributed by atoms with van der Waals surface area (Å²) >= 11 is 0. The summed E-state index contributed by atoms with van der Waals surface area (Å²) in [4.78, 5) is 16.1. The Morgan fingerprint density at radius 1 is 1.53 bits per heavy atom. The largest absolute Gasteiger partial charge is 0.373 e. The van der Waals surface area contributed by atoms with Gasteiger partial charge in [-0.1, -0.05) is 0 Å². The van der Waals surface area contributed by atoms with Crippen molar-refractivity contribution in [3.8, 4) is 6.07 Å². The van der Waals surface area contributed by atoms with E-state index in [4.69, 9.17) is 5.26 Å². The van der Waals surface area contributed by atoms with Crippen LogP contribution in [-0.4, -0.2) is 18.6 Å². The van der Waals surface area contributed by atoms with Gasteiger partial charge in [0.15, 0.2) is 0 Å². The molecule has 4 nitrogen and oxygen atoms in total. The molecule has 0 bridgehead atoms. The zero-order valence-electron chi connectivity index (χ0n) is 8.71. The van der Waals surface area contributed by atoms with Crippen LogP contribution in [0.1, 0.15) is 24.0 Å². The molecule has 0 saturated carbocycles. The van der Waals surface area contributed by atoms with Gasteiger partial charge in [-0.3, -0.25) is 4.79 Å². The van der Waals surface area contributed by atoms with Crippen LogP contribution in [0.3, 0.4) is 0 Å². The monoisotopic (exact) mass is 203 g/mol. The second-order valence-corrected chi connectivity index (χ2v) is 3.86. The number of nitrogens with one attached hydrogen (secondary N) is 1. The van der Waals surface area contributed by atoms with Gasteiger partial charge >= 0.3 is 0 Å². The summed E-state index contributed by atoms with van der Waals surface area (Å²) < 4.78 is 0. The molecule has 15 heavy (non-hydrogen) atoms. The van der Waals surface area contributed by atoms with E-state index in [0.29, 0.717) is 0 Å². The molecule has 0 fully saturated rings. The van der Waals surface area contributed by atoms with E-state index in [1.165, 1.54) is 0 Å². The molecule has 2 rings (SSSR count). The van der Waals surface area contributed by atoms with Crippen LogP contribution in [0, 0.1) is 11.3 Å². The number of hydrogen-bond acceptors (Lipinski definition) is 3. The van der Waals surface area contributed by atoms with Crippen LogP contribution in [0.4, 0.5) is 5.69 Å². The van der Waals surface area contributed by atoms with Crippen molar-refractivity contribution in [1.29, 1.82) is 5.26 Å². The first-order valence-electron chi connectivity index (χ1n) is 5.10. The van der Waals surface area contributed by atoms with Crippen molar-refractivity contribution in [2.75, 3.05) is 18.5 Å². The molecule has 78 valence electrons. The van der Waals surface area contributed by atoms with Crippen molar-refractivity contribution < 1.29 is 0 Å². The van der Waals surface area contributed by atoms with Gasteiger partial charge in [-0.2, -0.15) is 5.26 Å². The molecular formula is C11H13N3O. The minimum Gasteiger partial charge on any atom is -0.373 e. The van der Waals surface area contributed by atoms with E-state index in [2.05, 4.69) is 4.98 Å². The van der Waals surface area contributed by atoms with Crippen molar-refractivity contribution in [2.24, 2.45) is 0 Å². The Labute approximate surface area is 88.1 Å². The summed E-state index contributed by atoms with van der Waals surface area (Å²) in [5.41, 5.74) is 1.85. The van der Waals surface area contributed by atoms with Gasteiger partial charge in [0.2, 0.25) is 0 Å². The van der Waals surface area contributed by atoms with Gasteiger partial charge in [0.05, 0.1) is 5.69 Å². The predicted molar refractivity (Wildman–Crippen MR) is 58.0 cm³/mol. The Morgan fingerprint density at radius 3 is 3.07 bits per heavy atom. The zero-order chi connectivity index (χ0) is 10.8. The van der Waals surface area contributed by atoms with Crippen LogP contribution in [0.2, 0.25) is 0 Å². The first-order valence-corrected chi connectivity index (χ1v) is 5.10. The van der Waals surface area contributed by atoms with Crippen molar-refractivity contribution >= 4 is 5.69 Å². The summed E-state index contributed by atoms with van der Waals surface area (Å²) in [7, 11) is 1.93. The average Bonchev–Trinajstić information content (AvgIpc) is 2.41. The van der Waals surface area contributed by atoms with Gasteiger partial charge in [-0.05, 0) is 24.8 Å². The second kappa shape index (κ2) is 3.77. The third kappa shape index (κ3) is 1.61. The van der Waals surface area contributed by atoms with E-state index in [0.717, 1.165) is 37.1 Å². The number of anilines is 1. The van der Waals surface area contributed by atoms with Crippen molar-refractivity contribution in [3.05, 3.63) is 27.7 Å². The van der Waals surface area contributed by atoms with E-state index < -0.39 is 0 Å². The van der Waals surface area contributed by atoms with Crippen LogP contribution < -0.4 is 10.5 Å². The molecule has 1 aromatic rings. The lowest BCUT2D eigenvalue weighted by Gasteiger charge is -2.19. The molecule has 0 aliphatic carbocycles. The number of nitrogens with zero attached hydrogens (tertiary/aromatic N) is 2. The number of aromatic amines is 1. The molecule has 2 heterocycles. The third-order valence-corrected chi connectivity index (χ3v) is 2.83. The van der Waals surface area contributed by atoms with Crippen LogP contribution in [0.15, 0.2) is 11.0 Å². The van der Waals surface area contributed by atoms with Crippen molar-refractivity contribution in [1.82, 2.24) is 4.98 Å². The van der Waals surface area contributed by atoms with Crippen LogP contribution in [0.25, 0.3) is 0 Å². The van der Waals surface area contributed by atoms with Crippen molar-refractivity contribution in [2.45, 2.75) is 19.3 Å². The maximum Gasteiger partial charge on any atom is 0.268 e. The molecule has 0 aromatic carbocycles. The highest BCUT2D eigenvalue weighted by Crippen LogP contribution is 2.25. The number of fused-ring (bicyclic) bond motifs is 1. The van der Waals surface area contributed by atoms with Gasteiger partial charge in [0.1, 0.15) is 11.6 Å². The minimum atomic E-state index is -0.287. The molecular weight excluding hydrogens is 190 g/mol. The van der Waals surface area contributed by atoms with Crippen LogP contribution in [0.5, 0.6) is 0 Å². The zero-order valence-corrected chi connectivity index (χ0v) is 8.71. The Morgan fingerprint density at radius 2 is 2.33 bits per heavy atom. The first kappa shape index (κ1) is 9.78. The van der Waals surface area contributed by atoms with Crippen LogP contribution in [-0.2, 0) is 6.42 Å². The van der Waals surface area contributed by atoms with E-state index >= 15 is 0 Å². The molecule has 4 heteroatoms. The second-order valence-electron chi connectivity index (χ2n) is 3.86. The van der Waals surface area contributed by atoms with Gasteiger partial charge in [-0.15, -0.1) is 0 Å². The standard InChI is InChI=1S/C11H13N3O/c1-14-5-3-2-4-8-7-13-11(15)9(6-12)10(8)14/h7H,2-5H2,1H3,(H,13,15). The molecule has 0 unspecified atom stereocenters. The SMILES string of the molecule is CN1CCCCc2c[nH]c(=O)c(C#N)c21. The van der Waals surface area contributed by atoms with Gasteiger partial charge in [0, 0.05) is 19.8 Å². The van der Waals surface area contributed by atoms with E-state index in [-0.39, 0.29) is 11.1 Å². The number of aryl methyl sites for hydroxylation is 1. The number of nitriles is 1. The van der Waals surface area contributed by atoms with Crippen molar-refractivity contribution in [3.63, 3.8) is 0 Å². The fourth-order valence-electron chi connectivity index (χ4n) is 2.07. The number of aromatic nitrogens is 1. The van der Waals surface area contributed by atoms with Crippen LogP contribution >= 0.6 is 0 Å². The molecule has 1 N–H and O–H groups in total. The van der Waals surface area contributed by atoms with Gasteiger partial charge < -0.3 is 9.88 Å². The fraction of sp³-hybridized carbons (Fsp3) is 0.455. The lowest BCUT2D eigenvalue weighted by atomic mass is 10.1. The quantitative estimate of drug-likeness (QED) is 0.684. The Bertz CT molecular complexity index is 470. The fourth-order valence-corrected chi connectivity index (χ4v) is 2.07. The smallest absolute Gasteiger partial charge is 0.268 e. The maximum absolute atomic E-state index is 11.5. The molecule has 1 aromatic heterocycles. The highest BCUT2D eigenvalue weighted by atomic mass is 16.1. The van der Waals surface area contributed by atoms with E-state index in [1.54, 1.807) is 6.20 Å². The molecule has 0 atom stereocenters. The number of H-pyrrole nitrogens is 1. The average molecular weight is 203 g/mol. The summed E-state index contributed by atoms with van der Waals surface area (Å²) in [5.74, 6) is 0. The third-order valence-electron chi connectivity index (χ3n) is 2.83. The van der Waals surface area contributed by atoms with E-state index in [1.807, 2.05) is 18.0 Å². The highest BCUT2D eigenvalue weighted by Gasteiger charge is 2.18. The number of pyridine rings is 1. The topological polar surface area (TPSA) is 59.9 Å². The minimum absolute atomic E-state index is 0.247. The molecule has 1 aliphatic rings. The summed E-state index contributed by atoms with van der Waals surface area (Å²) in [6.45, 7) is 0.908. The lowest BCUT2D eigenvalue weighted by molar-refractivity contribution is 0.749. The Hall–Kier alpha value is -1.76. The maximum atomic E-state index is 11.5. The highest BCUT2D eigenvalue weighted by molar-refractivity contribution is 5.63. The Kier molecular flexibility index (Phi) is 2.46. The number of hydrogen-bond donors (Lipinski definition) is 1. The first-order chi connectivity index (χ1) is 7.24. The Balaban J connectivity index is 2.67. The number of rotatable bonds is 0. The predicted octanol–water partition coefficient (Wildman–Crippen LogP) is 1.02. The van der Waals surface area contributed by atoms with E-state index in [9.17, 15) is 4.79 Å². The lowest BCUT2D eigenvalue weighted by Crippen LogP contribution is -2.23. The summed E-state index contributed by atoms with van der Waals surface area (Å²) in [5, 5.41) is 8.99. The van der Waals surface area contributed by atoms with Gasteiger partial charge in [-0.25, -0.2) is 0 Å². The molecule has 0 radical (unpaired) electrons. The van der Waals surface area contributed by atoms with Gasteiger partial charge in [0.25, 0.3) is 5.56 Å².